The van der Waals surface area contributed by atoms with Gasteiger partial charge in [-0.25, -0.2) is 0 Å². The number of para-hydroxylation sites is 2. The highest BCUT2D eigenvalue weighted by atomic mass is 15.2. The van der Waals surface area contributed by atoms with Gasteiger partial charge in [-0.15, -0.1) is 0 Å². The first-order valence-electron chi connectivity index (χ1n) is 15.7. The molecule has 2 atom stereocenters. The maximum absolute atomic E-state index is 4.51. The lowest BCUT2D eigenvalue weighted by Crippen LogP contribution is -2.37. The number of benzene rings is 2. The van der Waals surface area contributed by atoms with Gasteiger partial charge in [-0.1, -0.05) is 134 Å². The average molecular weight is 571 g/mol. The standard InChI is InChI=1S/C42H38N2/c1-3-37(43-39-19-8-4-13-33(39)24-25-34-14-5-9-20-40(34)43)29-23-31(2)32-17-12-18-38(30-28-32)44-41-21-10-6-15-35(41)26-27-36-16-7-11-22-42(36)44/h3-4,6-8,10-11,13-30,35,41H,2,5,9,12H2,1H3/b29-23-,37-3+. The van der Waals surface area contributed by atoms with Crippen LogP contribution in [-0.4, -0.2) is 6.04 Å². The van der Waals surface area contributed by atoms with Crippen molar-refractivity contribution in [1.29, 1.82) is 0 Å². The maximum atomic E-state index is 4.51. The van der Waals surface area contributed by atoms with E-state index >= 15 is 0 Å². The molecule has 7 rings (SSSR count). The predicted molar refractivity (Wildman–Crippen MR) is 189 cm³/mol. The average Bonchev–Trinajstić information content (AvgIpc) is 3.48. The summed E-state index contributed by atoms with van der Waals surface area (Å²) in [6.07, 6.45) is 41.5. The Morgan fingerprint density at radius 2 is 1.52 bits per heavy atom. The molecular formula is C42H38N2. The third-order valence-corrected chi connectivity index (χ3v) is 8.92. The summed E-state index contributed by atoms with van der Waals surface area (Å²) in [5.74, 6) is 0.323. The molecule has 0 N–H and O–H groups in total. The Bertz CT molecular complexity index is 1820. The molecule has 2 unspecified atom stereocenters. The number of fused-ring (bicyclic) bond motifs is 4. The van der Waals surface area contributed by atoms with Crippen LogP contribution in [0.4, 0.5) is 11.4 Å². The largest absolute Gasteiger partial charge is 0.333 e. The molecule has 0 spiro atoms. The molecule has 44 heavy (non-hydrogen) atoms. The van der Waals surface area contributed by atoms with Crippen LogP contribution in [-0.2, 0) is 0 Å². The first-order chi connectivity index (χ1) is 21.7. The molecule has 0 amide bonds. The molecule has 0 radical (unpaired) electrons. The molecule has 0 saturated carbocycles. The molecule has 2 aromatic rings. The number of hydrogen-bond acceptors (Lipinski definition) is 2. The lowest BCUT2D eigenvalue weighted by molar-refractivity contribution is 0.654. The zero-order valence-electron chi connectivity index (χ0n) is 25.3. The van der Waals surface area contributed by atoms with E-state index in [1.807, 2.05) is 0 Å². The van der Waals surface area contributed by atoms with Gasteiger partial charge < -0.3 is 9.80 Å². The quantitative estimate of drug-likeness (QED) is 0.330. The second-order valence-corrected chi connectivity index (χ2v) is 11.6. The lowest BCUT2D eigenvalue weighted by Gasteiger charge is -2.36. The van der Waals surface area contributed by atoms with Gasteiger partial charge >= 0.3 is 0 Å². The highest BCUT2D eigenvalue weighted by molar-refractivity contribution is 5.80. The zero-order chi connectivity index (χ0) is 29.9. The molecule has 2 heterocycles. The molecule has 2 aliphatic heterocycles. The second kappa shape index (κ2) is 12.3. The number of allylic oxidation sites excluding steroid dienone is 14. The van der Waals surface area contributed by atoms with E-state index in [0.717, 1.165) is 36.1 Å². The fourth-order valence-corrected chi connectivity index (χ4v) is 6.67. The van der Waals surface area contributed by atoms with Gasteiger partial charge in [-0.3, -0.25) is 0 Å². The molecule has 0 saturated heterocycles. The molecule has 2 aromatic carbocycles. The summed E-state index contributed by atoms with van der Waals surface area (Å²) in [7, 11) is 0. The smallest absolute Gasteiger partial charge is 0.0622 e. The SMILES string of the molecule is C=C(/C=C\C(=C/C)N1C2=CCCC=C2C=Cc2ccccc21)C1=CCC=C(N2c3ccccc3C=CC3C=CC=CC32)C=C1. The van der Waals surface area contributed by atoms with E-state index in [-0.39, 0.29) is 6.04 Å². The van der Waals surface area contributed by atoms with Crippen molar-refractivity contribution < 1.29 is 0 Å². The Kier molecular flexibility index (Phi) is 7.73. The Morgan fingerprint density at radius 3 is 2.39 bits per heavy atom. The van der Waals surface area contributed by atoms with Crippen LogP contribution in [0.2, 0.25) is 0 Å². The molecule has 0 bridgehead atoms. The minimum absolute atomic E-state index is 0.233. The van der Waals surface area contributed by atoms with Gasteiger partial charge in [0.25, 0.3) is 0 Å². The highest BCUT2D eigenvalue weighted by Gasteiger charge is 2.29. The van der Waals surface area contributed by atoms with Crippen LogP contribution in [0, 0.1) is 5.92 Å². The van der Waals surface area contributed by atoms with Crippen molar-refractivity contribution in [2.24, 2.45) is 5.92 Å². The summed E-state index contributed by atoms with van der Waals surface area (Å²) >= 11 is 0. The summed E-state index contributed by atoms with van der Waals surface area (Å²) in [6, 6.07) is 17.6. The first-order valence-corrected chi connectivity index (χ1v) is 15.7. The summed E-state index contributed by atoms with van der Waals surface area (Å²) in [4.78, 5) is 4.89. The van der Waals surface area contributed by atoms with Gasteiger partial charge in [0.15, 0.2) is 0 Å². The van der Waals surface area contributed by atoms with Crippen LogP contribution in [0.25, 0.3) is 12.2 Å². The van der Waals surface area contributed by atoms with E-state index in [1.54, 1.807) is 0 Å². The minimum Gasteiger partial charge on any atom is -0.333 e. The van der Waals surface area contributed by atoms with Crippen molar-refractivity contribution in [2.45, 2.75) is 32.2 Å². The fraction of sp³-hybridized carbons (Fsp3) is 0.143. The van der Waals surface area contributed by atoms with Gasteiger partial charge in [0.2, 0.25) is 0 Å². The summed E-state index contributed by atoms with van der Waals surface area (Å²) < 4.78 is 0. The lowest BCUT2D eigenvalue weighted by atomic mass is 9.93. The van der Waals surface area contributed by atoms with E-state index in [1.165, 1.54) is 39.5 Å². The second-order valence-electron chi connectivity index (χ2n) is 11.6. The number of nitrogens with zero attached hydrogens (tertiary/aromatic N) is 2. The molecule has 0 aromatic heterocycles. The van der Waals surface area contributed by atoms with Gasteiger partial charge in [-0.2, -0.15) is 0 Å². The van der Waals surface area contributed by atoms with Crippen molar-refractivity contribution in [1.82, 2.24) is 0 Å². The van der Waals surface area contributed by atoms with Gasteiger partial charge in [-0.05, 0) is 78.3 Å². The Morgan fingerprint density at radius 1 is 0.750 bits per heavy atom. The van der Waals surface area contributed by atoms with Crippen molar-refractivity contribution in [3.8, 4) is 0 Å². The van der Waals surface area contributed by atoms with E-state index < -0.39 is 0 Å². The van der Waals surface area contributed by atoms with Gasteiger partial charge in [0, 0.05) is 28.7 Å². The first kappa shape index (κ1) is 27.7. The Balaban J connectivity index is 1.15. The van der Waals surface area contributed by atoms with Crippen molar-refractivity contribution in [3.05, 3.63) is 191 Å². The molecule has 3 aliphatic carbocycles. The maximum Gasteiger partial charge on any atom is 0.0622 e. The van der Waals surface area contributed by atoms with Crippen molar-refractivity contribution >= 4 is 23.5 Å². The predicted octanol–water partition coefficient (Wildman–Crippen LogP) is 10.6. The molecule has 5 aliphatic rings. The van der Waals surface area contributed by atoms with Gasteiger partial charge in [0.1, 0.15) is 0 Å². The van der Waals surface area contributed by atoms with Crippen LogP contribution in [0.15, 0.2) is 180 Å². The van der Waals surface area contributed by atoms with Crippen molar-refractivity contribution in [3.63, 3.8) is 0 Å². The number of anilines is 2. The van der Waals surface area contributed by atoms with E-state index in [4.69, 9.17) is 0 Å². The Hall–Kier alpha value is -5.08. The monoisotopic (exact) mass is 570 g/mol. The summed E-state index contributed by atoms with van der Waals surface area (Å²) in [6.45, 7) is 6.63. The molecule has 2 nitrogen and oxygen atoms in total. The molecule has 2 heteroatoms. The van der Waals surface area contributed by atoms with Gasteiger partial charge in [0.05, 0.1) is 11.7 Å². The van der Waals surface area contributed by atoms with E-state index in [2.05, 4.69) is 175 Å². The van der Waals surface area contributed by atoms with Crippen LogP contribution in [0.3, 0.4) is 0 Å². The number of rotatable bonds is 5. The normalized spacial score (nSPS) is 22.1. The minimum atomic E-state index is 0.233. The van der Waals surface area contributed by atoms with Crippen LogP contribution in [0.5, 0.6) is 0 Å². The molecule has 0 fully saturated rings. The Labute approximate surface area is 262 Å². The summed E-state index contributed by atoms with van der Waals surface area (Å²) in [5.41, 5.74) is 11.9. The van der Waals surface area contributed by atoms with Crippen LogP contribution >= 0.6 is 0 Å². The van der Waals surface area contributed by atoms with Crippen LogP contribution in [0.1, 0.15) is 37.3 Å². The van der Waals surface area contributed by atoms with E-state index in [9.17, 15) is 0 Å². The summed E-state index contributed by atoms with van der Waals surface area (Å²) in [5, 5.41) is 0. The molecule has 216 valence electrons. The highest BCUT2D eigenvalue weighted by Crippen LogP contribution is 2.39. The third-order valence-electron chi connectivity index (χ3n) is 8.92. The zero-order valence-corrected chi connectivity index (χ0v) is 25.3. The van der Waals surface area contributed by atoms with Crippen LogP contribution < -0.4 is 9.80 Å². The van der Waals surface area contributed by atoms with E-state index in [0.29, 0.717) is 5.92 Å². The third kappa shape index (κ3) is 5.29. The van der Waals surface area contributed by atoms with Crippen molar-refractivity contribution in [2.75, 3.05) is 9.80 Å². The fourth-order valence-electron chi connectivity index (χ4n) is 6.67. The topological polar surface area (TPSA) is 6.48 Å². The molecular weight excluding hydrogens is 532 g/mol. The number of hydrogen-bond donors (Lipinski definition) is 0.